The molecule has 0 amide bonds. The highest BCUT2D eigenvalue weighted by Crippen LogP contribution is 2.37. The molecule has 3 fully saturated rings. The molecule has 2 heterocycles. The van der Waals surface area contributed by atoms with Gasteiger partial charge in [-0.3, -0.25) is 0 Å². The van der Waals surface area contributed by atoms with Gasteiger partial charge in [0.1, 0.15) is 0 Å². The minimum atomic E-state index is 0.931. The fourth-order valence-corrected chi connectivity index (χ4v) is 2.62. The Kier molecular flexibility index (Phi) is 1.48. The summed E-state index contributed by atoms with van der Waals surface area (Å²) in [5.74, 6) is 2.03. The maximum atomic E-state index is 2.55. The second-order valence-electron chi connectivity index (χ2n) is 4.14. The third kappa shape index (κ3) is 0.878. The van der Waals surface area contributed by atoms with Gasteiger partial charge in [-0.15, -0.1) is 0 Å². The summed E-state index contributed by atoms with van der Waals surface area (Å²) in [4.78, 5) is 2.55. The summed E-state index contributed by atoms with van der Waals surface area (Å²) in [5, 5.41) is 0. The minimum Gasteiger partial charge on any atom is -0.303 e. The van der Waals surface area contributed by atoms with Crippen LogP contribution in [0, 0.1) is 11.8 Å². The minimum absolute atomic E-state index is 0.931. The summed E-state index contributed by atoms with van der Waals surface area (Å²) in [6.45, 7) is 3.79. The molecule has 2 bridgehead atoms. The lowest BCUT2D eigenvalue weighted by atomic mass is 9.73. The van der Waals surface area contributed by atoms with E-state index in [-0.39, 0.29) is 0 Å². The van der Waals surface area contributed by atoms with Gasteiger partial charge in [0.15, 0.2) is 0 Å². The zero-order valence-electron chi connectivity index (χ0n) is 7.01. The van der Waals surface area contributed by atoms with Gasteiger partial charge >= 0.3 is 0 Å². The maximum absolute atomic E-state index is 2.55. The molecule has 1 nitrogen and oxygen atoms in total. The molecule has 2 unspecified atom stereocenters. The van der Waals surface area contributed by atoms with E-state index < -0.39 is 0 Å². The summed E-state index contributed by atoms with van der Waals surface area (Å²) in [5.41, 5.74) is 0. The summed E-state index contributed by atoms with van der Waals surface area (Å²) >= 11 is 0. The third-order valence-electron chi connectivity index (χ3n) is 3.47. The number of piperidine rings is 2. The van der Waals surface area contributed by atoms with Gasteiger partial charge in [-0.05, 0) is 38.1 Å². The molecule has 3 rings (SSSR count). The molecule has 0 spiro atoms. The first-order valence-electron chi connectivity index (χ1n) is 4.47. The Morgan fingerprint density at radius 3 is 2.40 bits per heavy atom. The van der Waals surface area contributed by atoms with Crippen molar-refractivity contribution in [2.24, 2.45) is 11.8 Å². The molecule has 1 heteroatoms. The quantitative estimate of drug-likeness (QED) is 0.494. The highest BCUT2D eigenvalue weighted by atomic mass is 15.1. The van der Waals surface area contributed by atoms with Crippen LogP contribution < -0.4 is 0 Å². The Balaban J connectivity index is 2.09. The average Bonchev–Trinajstić information content (AvgIpc) is 1.91. The van der Waals surface area contributed by atoms with Crippen LogP contribution in [-0.2, 0) is 0 Å². The molecule has 0 aromatic carbocycles. The number of hydrogen-bond donors (Lipinski definition) is 0. The zero-order chi connectivity index (χ0) is 7.14. The predicted octanol–water partition coefficient (Wildman–Crippen LogP) is 1.74. The van der Waals surface area contributed by atoms with Crippen LogP contribution in [0.3, 0.4) is 0 Å². The molecule has 2 aliphatic heterocycles. The molecule has 58 valence electrons. The van der Waals surface area contributed by atoms with Gasteiger partial charge < -0.3 is 4.90 Å². The second-order valence-corrected chi connectivity index (χ2v) is 4.14. The van der Waals surface area contributed by atoms with E-state index in [0.717, 1.165) is 17.9 Å². The Hall–Kier alpha value is -0.0400. The molecule has 10 heavy (non-hydrogen) atoms. The summed E-state index contributed by atoms with van der Waals surface area (Å²) < 4.78 is 0. The Morgan fingerprint density at radius 2 is 2.10 bits per heavy atom. The summed E-state index contributed by atoms with van der Waals surface area (Å²) in [6.07, 6.45) is 4.42. The van der Waals surface area contributed by atoms with Crippen molar-refractivity contribution in [3.05, 3.63) is 0 Å². The average molecular weight is 139 g/mol. The maximum Gasteiger partial charge on any atom is 0.00950 e. The van der Waals surface area contributed by atoms with Crippen LogP contribution in [0.5, 0.6) is 0 Å². The van der Waals surface area contributed by atoms with Gasteiger partial charge in [0.2, 0.25) is 0 Å². The van der Waals surface area contributed by atoms with E-state index in [2.05, 4.69) is 18.9 Å². The van der Waals surface area contributed by atoms with E-state index >= 15 is 0 Å². The van der Waals surface area contributed by atoms with Crippen molar-refractivity contribution < 1.29 is 0 Å². The first-order chi connectivity index (χ1) is 4.77. The van der Waals surface area contributed by atoms with Crippen molar-refractivity contribution in [2.45, 2.75) is 32.2 Å². The Labute approximate surface area is 63.4 Å². The zero-order valence-corrected chi connectivity index (χ0v) is 7.01. The van der Waals surface area contributed by atoms with Gasteiger partial charge in [-0.2, -0.15) is 0 Å². The fourth-order valence-electron chi connectivity index (χ4n) is 2.62. The molecular formula is C9H17N. The SMILES string of the molecule is CC1CC2CC[C@@H]1CN2C. The van der Waals surface area contributed by atoms with E-state index in [9.17, 15) is 0 Å². The molecule has 3 atom stereocenters. The van der Waals surface area contributed by atoms with Crippen molar-refractivity contribution in [1.82, 2.24) is 4.90 Å². The van der Waals surface area contributed by atoms with Crippen molar-refractivity contribution in [3.63, 3.8) is 0 Å². The van der Waals surface area contributed by atoms with Gasteiger partial charge in [-0.1, -0.05) is 6.92 Å². The van der Waals surface area contributed by atoms with Crippen LogP contribution in [-0.4, -0.2) is 24.5 Å². The smallest absolute Gasteiger partial charge is 0.00950 e. The van der Waals surface area contributed by atoms with E-state index in [1.165, 1.54) is 25.8 Å². The van der Waals surface area contributed by atoms with Gasteiger partial charge in [0.25, 0.3) is 0 Å². The first kappa shape index (κ1) is 6.66. The Bertz CT molecular complexity index is 117. The number of fused-ring (bicyclic) bond motifs is 3. The first-order valence-corrected chi connectivity index (χ1v) is 4.47. The number of rotatable bonds is 0. The molecule has 0 N–H and O–H groups in total. The summed E-state index contributed by atoms with van der Waals surface area (Å²) in [6, 6.07) is 0.931. The lowest BCUT2D eigenvalue weighted by Crippen LogP contribution is -2.49. The van der Waals surface area contributed by atoms with Crippen molar-refractivity contribution >= 4 is 0 Å². The van der Waals surface area contributed by atoms with Crippen LogP contribution >= 0.6 is 0 Å². The van der Waals surface area contributed by atoms with Gasteiger partial charge in [-0.25, -0.2) is 0 Å². The third-order valence-corrected chi connectivity index (χ3v) is 3.47. The molecule has 2 saturated heterocycles. The van der Waals surface area contributed by atoms with Crippen LogP contribution in [0.1, 0.15) is 26.2 Å². The topological polar surface area (TPSA) is 3.24 Å². The van der Waals surface area contributed by atoms with Crippen LogP contribution in [0.15, 0.2) is 0 Å². The molecule has 1 aliphatic carbocycles. The number of nitrogens with zero attached hydrogens (tertiary/aromatic N) is 1. The largest absolute Gasteiger partial charge is 0.303 e. The fraction of sp³-hybridized carbons (Fsp3) is 1.00. The van der Waals surface area contributed by atoms with Crippen LogP contribution in [0.2, 0.25) is 0 Å². The van der Waals surface area contributed by atoms with Gasteiger partial charge in [0, 0.05) is 12.6 Å². The molecule has 3 aliphatic rings. The standard InChI is InChI=1S/C9H17N/c1-7-5-9-4-3-8(7)6-10(9)2/h7-9H,3-6H2,1-2H3/t7?,8-,9?/m1/s1. The lowest BCUT2D eigenvalue weighted by Gasteiger charge is -2.47. The van der Waals surface area contributed by atoms with E-state index in [1.54, 1.807) is 0 Å². The number of hydrogen-bond acceptors (Lipinski definition) is 1. The van der Waals surface area contributed by atoms with Gasteiger partial charge in [0.05, 0.1) is 0 Å². The van der Waals surface area contributed by atoms with E-state index in [1.807, 2.05) is 0 Å². The Morgan fingerprint density at radius 1 is 1.30 bits per heavy atom. The normalized spacial score (nSPS) is 48.0. The van der Waals surface area contributed by atoms with Crippen LogP contribution in [0.4, 0.5) is 0 Å². The van der Waals surface area contributed by atoms with Crippen molar-refractivity contribution in [3.8, 4) is 0 Å². The van der Waals surface area contributed by atoms with Crippen molar-refractivity contribution in [1.29, 1.82) is 0 Å². The molecule has 1 saturated carbocycles. The monoisotopic (exact) mass is 139 g/mol. The molecule has 0 radical (unpaired) electrons. The molecular weight excluding hydrogens is 122 g/mol. The lowest BCUT2D eigenvalue weighted by molar-refractivity contribution is 0.0310. The molecule has 0 aromatic heterocycles. The predicted molar refractivity (Wildman–Crippen MR) is 42.9 cm³/mol. The van der Waals surface area contributed by atoms with Crippen LogP contribution in [0.25, 0.3) is 0 Å². The highest BCUT2D eigenvalue weighted by molar-refractivity contribution is 4.89. The molecule has 0 aromatic rings. The highest BCUT2D eigenvalue weighted by Gasteiger charge is 2.35. The van der Waals surface area contributed by atoms with E-state index in [0.29, 0.717) is 0 Å². The van der Waals surface area contributed by atoms with E-state index in [4.69, 9.17) is 0 Å². The summed E-state index contributed by atoms with van der Waals surface area (Å²) in [7, 11) is 2.28. The second kappa shape index (κ2) is 2.23. The van der Waals surface area contributed by atoms with Crippen molar-refractivity contribution in [2.75, 3.05) is 13.6 Å².